The number of pyridine rings is 1. The second kappa shape index (κ2) is 9.57. The number of nitrogens with zero attached hydrogens (tertiary/aromatic N) is 2. The van der Waals surface area contributed by atoms with Gasteiger partial charge in [-0.2, -0.15) is 5.10 Å². The molecule has 2 amide bonds. The first-order valence-corrected chi connectivity index (χ1v) is 9.92. The van der Waals surface area contributed by atoms with Gasteiger partial charge in [0.2, 0.25) is 11.8 Å². The van der Waals surface area contributed by atoms with Crippen LogP contribution in [-0.2, 0) is 9.59 Å². The van der Waals surface area contributed by atoms with Crippen LogP contribution in [0, 0.1) is 0 Å². The topological polar surface area (TPSA) is 109 Å². The van der Waals surface area contributed by atoms with Gasteiger partial charge in [-0.1, -0.05) is 12.1 Å². The maximum absolute atomic E-state index is 12.3. The van der Waals surface area contributed by atoms with E-state index >= 15 is 0 Å². The Kier molecular flexibility index (Phi) is 6.22. The molecule has 3 N–H and O–H groups in total. The third-order valence-electron chi connectivity index (χ3n) is 4.65. The highest BCUT2D eigenvalue weighted by molar-refractivity contribution is 6.08. The summed E-state index contributed by atoms with van der Waals surface area (Å²) in [6, 6.07) is 18.0. The molecule has 4 aromatic rings. The summed E-state index contributed by atoms with van der Waals surface area (Å²) < 4.78 is 5.13. The van der Waals surface area contributed by atoms with Crippen molar-refractivity contribution in [3.8, 4) is 5.75 Å². The fraction of sp³-hybridized carbons (Fsp3) is 0.0833. The number of amides is 2. The summed E-state index contributed by atoms with van der Waals surface area (Å²) in [5.74, 6) is -0.214. The Bertz CT molecular complexity index is 1280. The number of methoxy groups -OCH3 is 1. The van der Waals surface area contributed by atoms with Gasteiger partial charge in [-0.15, -0.1) is 0 Å². The molecular formula is C24H21N5O3. The van der Waals surface area contributed by atoms with Crippen molar-refractivity contribution in [2.75, 3.05) is 17.7 Å². The highest BCUT2D eigenvalue weighted by atomic mass is 16.5. The molecule has 2 aromatic heterocycles. The van der Waals surface area contributed by atoms with Crippen molar-refractivity contribution in [3.63, 3.8) is 0 Å². The van der Waals surface area contributed by atoms with Crippen LogP contribution >= 0.6 is 0 Å². The van der Waals surface area contributed by atoms with Crippen LogP contribution < -0.4 is 15.4 Å². The van der Waals surface area contributed by atoms with E-state index in [0.29, 0.717) is 17.1 Å². The quantitative estimate of drug-likeness (QED) is 0.385. The van der Waals surface area contributed by atoms with E-state index in [-0.39, 0.29) is 6.42 Å². The summed E-state index contributed by atoms with van der Waals surface area (Å²) in [6.07, 6.45) is 5.18. The Balaban J connectivity index is 1.38. The van der Waals surface area contributed by atoms with Crippen molar-refractivity contribution in [2.45, 2.75) is 6.42 Å². The molecule has 8 nitrogen and oxygen atoms in total. The molecule has 0 aliphatic rings. The average Bonchev–Trinajstić information content (AvgIpc) is 3.20. The summed E-state index contributed by atoms with van der Waals surface area (Å²) >= 11 is 0. The van der Waals surface area contributed by atoms with Crippen molar-refractivity contribution in [1.82, 2.24) is 15.2 Å². The zero-order valence-electron chi connectivity index (χ0n) is 17.3. The minimum absolute atomic E-state index is 0.309. The van der Waals surface area contributed by atoms with Crippen LogP contribution in [0.25, 0.3) is 23.1 Å². The highest BCUT2D eigenvalue weighted by Crippen LogP contribution is 2.22. The standard InChI is InChI=1S/C24H21N5O3/c1-32-19-7-4-6-17(13-19)26-23(30)15-24(31)27-18-8-10-20-21(28-29-22(20)14-18)11-9-16-5-2-3-12-25-16/h2-14H,15H2,1H3,(H,26,30)(H,27,31)(H,28,29). The number of fused-ring (bicyclic) bond motifs is 1. The number of aromatic nitrogens is 3. The first-order chi connectivity index (χ1) is 15.6. The van der Waals surface area contributed by atoms with Crippen molar-refractivity contribution in [2.24, 2.45) is 0 Å². The van der Waals surface area contributed by atoms with Crippen LogP contribution in [0.4, 0.5) is 11.4 Å². The van der Waals surface area contributed by atoms with E-state index in [1.807, 2.05) is 36.4 Å². The van der Waals surface area contributed by atoms with Gasteiger partial charge in [0, 0.05) is 29.0 Å². The minimum atomic E-state index is -0.417. The van der Waals surface area contributed by atoms with Crippen molar-refractivity contribution in [1.29, 1.82) is 0 Å². The Morgan fingerprint density at radius 3 is 2.53 bits per heavy atom. The Morgan fingerprint density at radius 1 is 0.969 bits per heavy atom. The van der Waals surface area contributed by atoms with E-state index in [1.54, 1.807) is 49.7 Å². The number of benzene rings is 2. The second-order valence-corrected chi connectivity index (χ2v) is 6.96. The molecule has 32 heavy (non-hydrogen) atoms. The van der Waals surface area contributed by atoms with E-state index < -0.39 is 11.8 Å². The maximum Gasteiger partial charge on any atom is 0.233 e. The van der Waals surface area contributed by atoms with Crippen LogP contribution in [0.2, 0.25) is 0 Å². The van der Waals surface area contributed by atoms with Crippen LogP contribution in [0.15, 0.2) is 66.9 Å². The number of aromatic amines is 1. The zero-order valence-corrected chi connectivity index (χ0v) is 17.3. The number of nitrogens with one attached hydrogen (secondary N) is 3. The summed E-state index contributed by atoms with van der Waals surface area (Å²) in [7, 11) is 1.55. The molecule has 0 radical (unpaired) electrons. The minimum Gasteiger partial charge on any atom is -0.497 e. The molecule has 0 bridgehead atoms. The third kappa shape index (κ3) is 5.17. The SMILES string of the molecule is COc1cccc(NC(=O)CC(=O)Nc2ccc3c(C=Cc4ccccn4)n[nH]c3c2)c1. The largest absolute Gasteiger partial charge is 0.497 e. The molecule has 0 saturated heterocycles. The lowest BCUT2D eigenvalue weighted by atomic mass is 10.1. The number of carbonyl (C=O) groups excluding carboxylic acids is 2. The first-order valence-electron chi connectivity index (χ1n) is 9.92. The van der Waals surface area contributed by atoms with E-state index in [9.17, 15) is 9.59 Å². The molecule has 0 aliphatic carbocycles. The van der Waals surface area contributed by atoms with Gasteiger partial charge in [-0.25, -0.2) is 0 Å². The van der Waals surface area contributed by atoms with Crippen LogP contribution in [0.5, 0.6) is 5.75 Å². The molecule has 8 heteroatoms. The van der Waals surface area contributed by atoms with E-state index in [4.69, 9.17) is 4.74 Å². The smallest absolute Gasteiger partial charge is 0.233 e. The van der Waals surface area contributed by atoms with Gasteiger partial charge >= 0.3 is 0 Å². The van der Waals surface area contributed by atoms with Crippen molar-refractivity contribution >= 4 is 46.2 Å². The molecular weight excluding hydrogens is 406 g/mol. The normalized spacial score (nSPS) is 10.9. The van der Waals surface area contributed by atoms with Crippen LogP contribution in [0.1, 0.15) is 17.8 Å². The van der Waals surface area contributed by atoms with Gasteiger partial charge in [0.15, 0.2) is 0 Å². The molecule has 0 fully saturated rings. The van der Waals surface area contributed by atoms with E-state index in [2.05, 4.69) is 25.8 Å². The average molecular weight is 427 g/mol. The molecule has 0 atom stereocenters. The monoisotopic (exact) mass is 427 g/mol. The fourth-order valence-electron chi connectivity index (χ4n) is 3.14. The lowest BCUT2D eigenvalue weighted by molar-refractivity contribution is -0.123. The molecule has 2 aromatic carbocycles. The predicted octanol–water partition coefficient (Wildman–Crippen LogP) is 4.10. The van der Waals surface area contributed by atoms with Crippen LogP contribution in [0.3, 0.4) is 0 Å². The van der Waals surface area contributed by atoms with Crippen molar-refractivity contribution < 1.29 is 14.3 Å². The van der Waals surface area contributed by atoms with Gasteiger partial charge < -0.3 is 15.4 Å². The second-order valence-electron chi connectivity index (χ2n) is 6.96. The molecule has 0 unspecified atom stereocenters. The highest BCUT2D eigenvalue weighted by Gasteiger charge is 2.12. The molecule has 160 valence electrons. The van der Waals surface area contributed by atoms with Gasteiger partial charge in [0.25, 0.3) is 0 Å². The molecule has 0 aliphatic heterocycles. The Morgan fingerprint density at radius 2 is 1.78 bits per heavy atom. The lowest BCUT2D eigenvalue weighted by Gasteiger charge is -2.08. The van der Waals surface area contributed by atoms with Gasteiger partial charge in [0.1, 0.15) is 12.2 Å². The number of H-pyrrole nitrogens is 1. The van der Waals surface area contributed by atoms with Gasteiger partial charge in [-0.3, -0.25) is 19.7 Å². The molecule has 0 spiro atoms. The summed E-state index contributed by atoms with van der Waals surface area (Å²) in [5.41, 5.74) is 3.50. The summed E-state index contributed by atoms with van der Waals surface area (Å²) in [4.78, 5) is 28.7. The van der Waals surface area contributed by atoms with Crippen LogP contribution in [-0.4, -0.2) is 34.1 Å². The molecule has 0 saturated carbocycles. The summed E-state index contributed by atoms with van der Waals surface area (Å²) in [5, 5.41) is 13.6. The number of hydrogen-bond donors (Lipinski definition) is 3. The van der Waals surface area contributed by atoms with Crippen molar-refractivity contribution in [3.05, 3.63) is 78.2 Å². The predicted molar refractivity (Wildman–Crippen MR) is 124 cm³/mol. The molecule has 2 heterocycles. The maximum atomic E-state index is 12.3. The van der Waals surface area contributed by atoms with E-state index in [1.165, 1.54) is 0 Å². The Labute approximate surface area is 184 Å². The Hall–Kier alpha value is -4.46. The van der Waals surface area contributed by atoms with E-state index in [0.717, 1.165) is 22.3 Å². The van der Waals surface area contributed by atoms with Gasteiger partial charge in [0.05, 0.1) is 24.0 Å². The number of rotatable bonds is 7. The summed E-state index contributed by atoms with van der Waals surface area (Å²) in [6.45, 7) is 0. The number of ether oxygens (including phenoxy) is 1. The number of carbonyl (C=O) groups is 2. The number of hydrogen-bond acceptors (Lipinski definition) is 5. The fourth-order valence-corrected chi connectivity index (χ4v) is 3.14. The molecule has 4 rings (SSSR count). The lowest BCUT2D eigenvalue weighted by Crippen LogP contribution is -2.21. The zero-order chi connectivity index (χ0) is 22.3. The van der Waals surface area contributed by atoms with Gasteiger partial charge in [-0.05, 0) is 54.6 Å². The number of anilines is 2. The first kappa shape index (κ1) is 20.8. The third-order valence-corrected chi connectivity index (χ3v) is 4.65.